The molecule has 4 heteroatoms. The summed E-state index contributed by atoms with van der Waals surface area (Å²) in [5.41, 5.74) is 3.52. The van der Waals surface area contributed by atoms with Gasteiger partial charge in [0.1, 0.15) is 5.82 Å². The normalized spacial score (nSPS) is 13.8. The lowest BCUT2D eigenvalue weighted by molar-refractivity contribution is 0.971. The number of hydrogen-bond donors (Lipinski definition) is 0. The predicted molar refractivity (Wildman–Crippen MR) is 76.0 cm³/mol. The van der Waals surface area contributed by atoms with E-state index in [0.717, 1.165) is 24.3 Å². The molecule has 0 atom stereocenters. The summed E-state index contributed by atoms with van der Waals surface area (Å²) >= 11 is 11.9. The predicted octanol–water partition coefficient (Wildman–Crippen LogP) is 4.17. The van der Waals surface area contributed by atoms with Crippen molar-refractivity contribution in [3.8, 4) is 0 Å². The molecule has 2 heterocycles. The van der Waals surface area contributed by atoms with Gasteiger partial charge in [0.25, 0.3) is 0 Å². The molecule has 3 rings (SSSR count). The molecule has 0 spiro atoms. The van der Waals surface area contributed by atoms with Crippen molar-refractivity contribution in [2.75, 3.05) is 11.4 Å². The molecule has 0 N–H and O–H groups in total. The van der Waals surface area contributed by atoms with Gasteiger partial charge in [-0.2, -0.15) is 0 Å². The number of pyridine rings is 1. The molecule has 1 aliphatic rings. The van der Waals surface area contributed by atoms with Gasteiger partial charge in [0.2, 0.25) is 0 Å². The number of alkyl halides is 1. The third kappa shape index (κ3) is 1.96. The second-order valence-corrected chi connectivity index (χ2v) is 4.97. The van der Waals surface area contributed by atoms with E-state index in [2.05, 4.69) is 34.1 Å². The molecule has 2 aromatic rings. The zero-order valence-electron chi connectivity index (χ0n) is 9.74. The summed E-state index contributed by atoms with van der Waals surface area (Å²) in [5, 5.41) is 0.626. The van der Waals surface area contributed by atoms with Gasteiger partial charge >= 0.3 is 0 Å². The monoisotopic (exact) mass is 278 g/mol. The number of halogens is 2. The quantitative estimate of drug-likeness (QED) is 0.767. The maximum Gasteiger partial charge on any atom is 0.133 e. The van der Waals surface area contributed by atoms with E-state index >= 15 is 0 Å². The molecule has 0 unspecified atom stereocenters. The summed E-state index contributed by atoms with van der Waals surface area (Å²) in [4.78, 5) is 6.61. The van der Waals surface area contributed by atoms with Crippen molar-refractivity contribution in [1.29, 1.82) is 0 Å². The highest BCUT2D eigenvalue weighted by atomic mass is 35.5. The number of benzene rings is 1. The van der Waals surface area contributed by atoms with E-state index in [0.29, 0.717) is 10.9 Å². The second kappa shape index (κ2) is 4.79. The van der Waals surface area contributed by atoms with Gasteiger partial charge in [-0.25, -0.2) is 4.98 Å². The first-order chi connectivity index (χ1) is 8.79. The highest BCUT2D eigenvalue weighted by Crippen LogP contribution is 2.34. The summed E-state index contributed by atoms with van der Waals surface area (Å²) in [6, 6.07) is 10.4. The van der Waals surface area contributed by atoms with Gasteiger partial charge in [-0.1, -0.05) is 29.8 Å². The lowest BCUT2D eigenvalue weighted by Gasteiger charge is -2.19. The van der Waals surface area contributed by atoms with Crippen LogP contribution in [0.2, 0.25) is 5.02 Å². The molecule has 0 bridgehead atoms. The average molecular weight is 279 g/mol. The van der Waals surface area contributed by atoms with Gasteiger partial charge in [0.15, 0.2) is 0 Å². The van der Waals surface area contributed by atoms with Gasteiger partial charge in [0.05, 0.1) is 5.02 Å². The largest absolute Gasteiger partial charge is 0.326 e. The number of nitrogens with zero attached hydrogens (tertiary/aromatic N) is 2. The molecular weight excluding hydrogens is 267 g/mol. The fourth-order valence-electron chi connectivity index (χ4n) is 2.29. The minimum atomic E-state index is 0.407. The third-order valence-corrected chi connectivity index (χ3v) is 3.86. The van der Waals surface area contributed by atoms with E-state index in [1.807, 2.05) is 6.07 Å². The molecule has 0 fully saturated rings. The Bertz CT molecular complexity index is 584. The van der Waals surface area contributed by atoms with Crippen molar-refractivity contribution >= 4 is 34.7 Å². The number of fused-ring (bicyclic) bond motifs is 1. The van der Waals surface area contributed by atoms with Crippen LogP contribution in [0, 0.1) is 0 Å². The first-order valence-electron chi connectivity index (χ1n) is 5.85. The number of para-hydroxylation sites is 1. The van der Waals surface area contributed by atoms with E-state index < -0.39 is 0 Å². The number of rotatable bonds is 2. The minimum Gasteiger partial charge on any atom is -0.326 e. The van der Waals surface area contributed by atoms with Gasteiger partial charge in [0, 0.05) is 24.3 Å². The Morgan fingerprint density at radius 2 is 2.11 bits per heavy atom. The number of hydrogen-bond acceptors (Lipinski definition) is 2. The molecule has 1 aromatic carbocycles. The van der Waals surface area contributed by atoms with Crippen LogP contribution in [0.15, 0.2) is 36.5 Å². The van der Waals surface area contributed by atoms with Gasteiger partial charge in [-0.3, -0.25) is 0 Å². The second-order valence-electron chi connectivity index (χ2n) is 4.30. The van der Waals surface area contributed by atoms with Gasteiger partial charge in [-0.05, 0) is 29.7 Å². The maximum atomic E-state index is 6.04. The number of aromatic nitrogens is 1. The van der Waals surface area contributed by atoms with Crippen LogP contribution in [0.4, 0.5) is 11.5 Å². The highest BCUT2D eigenvalue weighted by molar-refractivity contribution is 6.32. The van der Waals surface area contributed by atoms with Crippen molar-refractivity contribution in [3.05, 3.63) is 52.7 Å². The van der Waals surface area contributed by atoms with Crippen LogP contribution >= 0.6 is 23.2 Å². The van der Waals surface area contributed by atoms with Crippen molar-refractivity contribution in [2.45, 2.75) is 12.3 Å². The Morgan fingerprint density at radius 3 is 2.94 bits per heavy atom. The molecule has 2 nitrogen and oxygen atoms in total. The zero-order valence-corrected chi connectivity index (χ0v) is 11.2. The molecule has 1 aliphatic heterocycles. The van der Waals surface area contributed by atoms with E-state index in [9.17, 15) is 0 Å². The van der Waals surface area contributed by atoms with Crippen molar-refractivity contribution in [2.24, 2.45) is 0 Å². The molecule has 18 heavy (non-hydrogen) atoms. The maximum absolute atomic E-state index is 6.04. The number of anilines is 2. The Hall–Kier alpha value is -1.25. The molecule has 0 radical (unpaired) electrons. The standard InChI is InChI=1S/C14H12Cl2N2/c15-8-11-7-14(17-9-12(11)16)18-6-5-10-3-1-2-4-13(10)18/h1-4,7,9H,5-6,8H2. The Kier molecular flexibility index (Phi) is 3.14. The van der Waals surface area contributed by atoms with Gasteiger partial charge < -0.3 is 4.90 Å². The van der Waals surface area contributed by atoms with Crippen LogP contribution < -0.4 is 4.90 Å². The summed E-state index contributed by atoms with van der Waals surface area (Å²) in [5.74, 6) is 1.32. The van der Waals surface area contributed by atoms with E-state index in [1.165, 1.54) is 11.3 Å². The Morgan fingerprint density at radius 1 is 1.28 bits per heavy atom. The topological polar surface area (TPSA) is 16.1 Å². The first kappa shape index (κ1) is 11.8. The third-order valence-electron chi connectivity index (χ3n) is 3.23. The smallest absolute Gasteiger partial charge is 0.133 e. The first-order valence-corrected chi connectivity index (χ1v) is 6.76. The molecule has 0 saturated heterocycles. The molecule has 0 aliphatic carbocycles. The Balaban J connectivity index is 2.02. The van der Waals surface area contributed by atoms with Crippen LogP contribution in [-0.4, -0.2) is 11.5 Å². The van der Waals surface area contributed by atoms with E-state index in [-0.39, 0.29) is 0 Å². The lowest BCUT2D eigenvalue weighted by atomic mass is 10.2. The summed E-state index contributed by atoms with van der Waals surface area (Å²) in [6.45, 7) is 0.954. The van der Waals surface area contributed by atoms with Crippen LogP contribution in [0.25, 0.3) is 0 Å². The highest BCUT2D eigenvalue weighted by Gasteiger charge is 2.21. The fourth-order valence-corrected chi connectivity index (χ4v) is 2.75. The van der Waals surface area contributed by atoms with Crippen molar-refractivity contribution in [1.82, 2.24) is 4.98 Å². The van der Waals surface area contributed by atoms with Crippen LogP contribution in [0.3, 0.4) is 0 Å². The SMILES string of the molecule is ClCc1cc(N2CCc3ccccc32)ncc1Cl. The van der Waals surface area contributed by atoms with E-state index in [4.69, 9.17) is 23.2 Å². The molecule has 1 aromatic heterocycles. The lowest BCUT2D eigenvalue weighted by Crippen LogP contribution is -2.14. The molecular formula is C14H12Cl2N2. The Labute approximate surface area is 116 Å². The van der Waals surface area contributed by atoms with Gasteiger partial charge in [-0.15, -0.1) is 11.6 Å². The summed E-state index contributed by atoms with van der Waals surface area (Å²) in [6.07, 6.45) is 2.73. The molecule has 0 amide bonds. The fraction of sp³-hybridized carbons (Fsp3) is 0.214. The molecule has 92 valence electrons. The molecule has 0 saturated carbocycles. The zero-order chi connectivity index (χ0) is 12.5. The minimum absolute atomic E-state index is 0.407. The van der Waals surface area contributed by atoms with Crippen LogP contribution in [-0.2, 0) is 12.3 Å². The van der Waals surface area contributed by atoms with Crippen LogP contribution in [0.5, 0.6) is 0 Å². The average Bonchev–Trinajstić information content (AvgIpc) is 2.83. The van der Waals surface area contributed by atoms with E-state index in [1.54, 1.807) is 6.20 Å². The summed E-state index contributed by atoms with van der Waals surface area (Å²) < 4.78 is 0. The van der Waals surface area contributed by atoms with Crippen molar-refractivity contribution < 1.29 is 0 Å². The summed E-state index contributed by atoms with van der Waals surface area (Å²) in [7, 11) is 0. The van der Waals surface area contributed by atoms with Crippen LogP contribution in [0.1, 0.15) is 11.1 Å². The van der Waals surface area contributed by atoms with Crippen molar-refractivity contribution in [3.63, 3.8) is 0 Å².